The topological polar surface area (TPSA) is 29.3 Å². The summed E-state index contributed by atoms with van der Waals surface area (Å²) < 4.78 is 0. The van der Waals surface area contributed by atoms with Gasteiger partial charge in [0.05, 0.1) is 0 Å². The first-order valence-corrected chi connectivity index (χ1v) is 9.35. The Kier molecular flexibility index (Phi) is 5.76. The second-order valence-corrected chi connectivity index (χ2v) is 8.67. The van der Waals surface area contributed by atoms with Crippen molar-refractivity contribution in [3.63, 3.8) is 0 Å². The van der Waals surface area contributed by atoms with E-state index in [0.717, 1.165) is 18.5 Å². The van der Waals surface area contributed by atoms with Gasteiger partial charge in [0.2, 0.25) is 0 Å². The van der Waals surface area contributed by atoms with Crippen LogP contribution in [0.3, 0.4) is 0 Å². The maximum absolute atomic E-state index is 6.28. The van der Waals surface area contributed by atoms with Gasteiger partial charge in [-0.1, -0.05) is 33.6 Å². The molecular formula is C19H38N2. The molecule has 0 unspecified atom stereocenters. The molecule has 21 heavy (non-hydrogen) atoms. The predicted molar refractivity (Wildman–Crippen MR) is 92.5 cm³/mol. The lowest BCUT2D eigenvalue weighted by atomic mass is 9.71. The standard InChI is InChI=1S/C19H38N2/c1-5-6-16-7-13-19(15-20,14-8-16)21(4)17-9-11-18(2,3)12-10-17/h16-17H,5-15,20H2,1-4H3. The van der Waals surface area contributed by atoms with Crippen LogP contribution in [0.15, 0.2) is 0 Å². The molecule has 2 N–H and O–H groups in total. The number of nitrogens with two attached hydrogens (primary N) is 1. The lowest BCUT2D eigenvalue weighted by molar-refractivity contribution is 0.00305. The Labute approximate surface area is 132 Å². The van der Waals surface area contributed by atoms with Crippen LogP contribution in [0.2, 0.25) is 0 Å². The normalized spacial score (nSPS) is 34.3. The lowest BCUT2D eigenvalue weighted by Crippen LogP contribution is -2.58. The minimum atomic E-state index is 0.302. The summed E-state index contributed by atoms with van der Waals surface area (Å²) >= 11 is 0. The van der Waals surface area contributed by atoms with E-state index in [1.165, 1.54) is 64.2 Å². The fraction of sp³-hybridized carbons (Fsp3) is 1.00. The molecule has 2 saturated carbocycles. The Morgan fingerprint density at radius 1 is 1.00 bits per heavy atom. The summed E-state index contributed by atoms with van der Waals surface area (Å²) in [5, 5.41) is 0. The molecule has 0 spiro atoms. The van der Waals surface area contributed by atoms with Crippen molar-refractivity contribution in [2.45, 2.75) is 96.6 Å². The molecule has 2 heteroatoms. The molecule has 0 aliphatic heterocycles. The van der Waals surface area contributed by atoms with Gasteiger partial charge in [0.25, 0.3) is 0 Å². The summed E-state index contributed by atoms with van der Waals surface area (Å²) in [5.41, 5.74) is 7.14. The van der Waals surface area contributed by atoms with Crippen LogP contribution in [0.1, 0.15) is 85.0 Å². The molecule has 124 valence electrons. The monoisotopic (exact) mass is 294 g/mol. The van der Waals surface area contributed by atoms with Crippen molar-refractivity contribution in [3.8, 4) is 0 Å². The third-order valence-electron chi connectivity index (χ3n) is 6.72. The van der Waals surface area contributed by atoms with Crippen molar-refractivity contribution < 1.29 is 0 Å². The summed E-state index contributed by atoms with van der Waals surface area (Å²) in [6.45, 7) is 8.03. The zero-order valence-electron chi connectivity index (χ0n) is 15.0. The average molecular weight is 295 g/mol. The first-order valence-electron chi connectivity index (χ1n) is 9.35. The van der Waals surface area contributed by atoms with Gasteiger partial charge < -0.3 is 5.73 Å². The van der Waals surface area contributed by atoms with E-state index in [9.17, 15) is 0 Å². The molecule has 0 bridgehead atoms. The Bertz CT molecular complexity index is 306. The van der Waals surface area contributed by atoms with Crippen LogP contribution in [0.25, 0.3) is 0 Å². The van der Waals surface area contributed by atoms with Crippen molar-refractivity contribution in [2.24, 2.45) is 17.1 Å². The van der Waals surface area contributed by atoms with Crippen LogP contribution in [-0.2, 0) is 0 Å². The predicted octanol–water partition coefficient (Wildman–Crippen LogP) is 4.57. The second-order valence-electron chi connectivity index (χ2n) is 8.67. The van der Waals surface area contributed by atoms with Gasteiger partial charge in [-0.15, -0.1) is 0 Å². The Morgan fingerprint density at radius 2 is 1.57 bits per heavy atom. The van der Waals surface area contributed by atoms with Gasteiger partial charge in [0.1, 0.15) is 0 Å². The zero-order valence-corrected chi connectivity index (χ0v) is 15.0. The summed E-state index contributed by atoms with van der Waals surface area (Å²) in [6, 6.07) is 0.768. The van der Waals surface area contributed by atoms with E-state index in [2.05, 4.69) is 32.7 Å². The van der Waals surface area contributed by atoms with E-state index >= 15 is 0 Å². The average Bonchev–Trinajstić information content (AvgIpc) is 2.48. The lowest BCUT2D eigenvalue weighted by Gasteiger charge is -2.51. The molecule has 0 saturated heterocycles. The van der Waals surface area contributed by atoms with E-state index in [4.69, 9.17) is 5.73 Å². The first kappa shape index (κ1) is 17.3. The van der Waals surface area contributed by atoms with Gasteiger partial charge in [-0.25, -0.2) is 0 Å². The largest absolute Gasteiger partial charge is 0.329 e. The summed E-state index contributed by atoms with van der Waals surface area (Å²) in [7, 11) is 2.37. The molecule has 2 aliphatic rings. The van der Waals surface area contributed by atoms with E-state index in [1.54, 1.807) is 0 Å². The summed E-state index contributed by atoms with van der Waals surface area (Å²) in [4.78, 5) is 2.71. The van der Waals surface area contributed by atoms with Gasteiger partial charge >= 0.3 is 0 Å². The molecule has 0 radical (unpaired) electrons. The van der Waals surface area contributed by atoms with Crippen molar-refractivity contribution in [2.75, 3.05) is 13.6 Å². The molecule has 2 nitrogen and oxygen atoms in total. The quantitative estimate of drug-likeness (QED) is 0.804. The van der Waals surface area contributed by atoms with E-state index in [0.29, 0.717) is 11.0 Å². The minimum Gasteiger partial charge on any atom is -0.329 e. The maximum Gasteiger partial charge on any atom is 0.0331 e. The fourth-order valence-electron chi connectivity index (χ4n) is 4.77. The fourth-order valence-corrected chi connectivity index (χ4v) is 4.77. The van der Waals surface area contributed by atoms with Gasteiger partial charge in [0, 0.05) is 18.1 Å². The number of rotatable bonds is 5. The second kappa shape index (κ2) is 7.00. The van der Waals surface area contributed by atoms with Crippen LogP contribution >= 0.6 is 0 Å². The molecule has 2 aliphatic carbocycles. The van der Waals surface area contributed by atoms with E-state index < -0.39 is 0 Å². The van der Waals surface area contributed by atoms with Crippen LogP contribution in [0.5, 0.6) is 0 Å². The Hall–Kier alpha value is -0.0800. The van der Waals surface area contributed by atoms with Crippen molar-refractivity contribution in [3.05, 3.63) is 0 Å². The molecule has 0 aromatic carbocycles. The molecule has 0 aromatic heterocycles. The highest BCUT2D eigenvalue weighted by molar-refractivity contribution is 4.98. The number of nitrogens with zero attached hydrogens (tertiary/aromatic N) is 1. The van der Waals surface area contributed by atoms with Crippen molar-refractivity contribution >= 4 is 0 Å². The SMILES string of the molecule is CCCC1CCC(CN)(N(C)C2CCC(C)(C)CC2)CC1. The highest BCUT2D eigenvalue weighted by atomic mass is 15.2. The highest BCUT2D eigenvalue weighted by Gasteiger charge is 2.41. The molecule has 0 amide bonds. The Balaban J connectivity index is 1.94. The smallest absolute Gasteiger partial charge is 0.0331 e. The summed E-state index contributed by atoms with van der Waals surface area (Å²) in [6.07, 6.45) is 13.7. The Morgan fingerprint density at radius 3 is 2.05 bits per heavy atom. The number of hydrogen-bond acceptors (Lipinski definition) is 2. The van der Waals surface area contributed by atoms with Crippen molar-refractivity contribution in [1.29, 1.82) is 0 Å². The van der Waals surface area contributed by atoms with Gasteiger partial charge in [-0.05, 0) is 69.7 Å². The van der Waals surface area contributed by atoms with E-state index in [1.807, 2.05) is 0 Å². The highest BCUT2D eigenvalue weighted by Crippen LogP contribution is 2.42. The number of likely N-dealkylation sites (N-methyl/N-ethyl adjacent to an activating group) is 1. The number of hydrogen-bond donors (Lipinski definition) is 1. The van der Waals surface area contributed by atoms with Crippen LogP contribution in [0.4, 0.5) is 0 Å². The zero-order chi connectivity index (χ0) is 15.5. The minimum absolute atomic E-state index is 0.302. The summed E-state index contributed by atoms with van der Waals surface area (Å²) in [5.74, 6) is 0.966. The molecule has 2 fully saturated rings. The molecule has 0 atom stereocenters. The van der Waals surface area contributed by atoms with Gasteiger partial charge in [0.15, 0.2) is 0 Å². The van der Waals surface area contributed by atoms with Gasteiger partial charge in [-0.2, -0.15) is 0 Å². The van der Waals surface area contributed by atoms with Gasteiger partial charge in [-0.3, -0.25) is 4.90 Å². The molecule has 2 rings (SSSR count). The third kappa shape index (κ3) is 4.01. The molecule has 0 aromatic rings. The molecular weight excluding hydrogens is 256 g/mol. The third-order valence-corrected chi connectivity index (χ3v) is 6.72. The van der Waals surface area contributed by atoms with Crippen LogP contribution in [-0.4, -0.2) is 30.1 Å². The molecule has 0 heterocycles. The van der Waals surface area contributed by atoms with E-state index in [-0.39, 0.29) is 0 Å². The first-order chi connectivity index (χ1) is 9.92. The van der Waals surface area contributed by atoms with Crippen LogP contribution in [0, 0.1) is 11.3 Å². The van der Waals surface area contributed by atoms with Crippen LogP contribution < -0.4 is 5.73 Å². The maximum atomic E-state index is 6.28. The van der Waals surface area contributed by atoms with Crippen molar-refractivity contribution in [1.82, 2.24) is 4.90 Å².